The number of hydrogen-bond donors (Lipinski definition) is 2. The van der Waals surface area contributed by atoms with Crippen molar-refractivity contribution in [2.45, 2.75) is 45.2 Å². The second kappa shape index (κ2) is 5.58. The molecule has 2 rings (SSSR count). The van der Waals surface area contributed by atoms with E-state index in [4.69, 9.17) is 0 Å². The molecule has 2 atom stereocenters. The summed E-state index contributed by atoms with van der Waals surface area (Å²) in [7, 11) is 0. The van der Waals surface area contributed by atoms with Crippen molar-refractivity contribution in [2.75, 3.05) is 13.1 Å². The SMILES string of the molecule is C[C@@H]1[C@H](C(=O)O)CCCN1C(=O)CN1C(=O)NC(=O)C1(C)C. The molecule has 8 nitrogen and oxygen atoms in total. The van der Waals surface area contributed by atoms with Gasteiger partial charge in [0.15, 0.2) is 0 Å². The first-order valence-electron chi connectivity index (χ1n) is 7.31. The maximum Gasteiger partial charge on any atom is 0.325 e. The summed E-state index contributed by atoms with van der Waals surface area (Å²) < 4.78 is 0. The predicted molar refractivity (Wildman–Crippen MR) is 75.9 cm³/mol. The third-order valence-corrected chi connectivity index (χ3v) is 4.62. The Balaban J connectivity index is 2.10. The van der Waals surface area contributed by atoms with Gasteiger partial charge in [-0.25, -0.2) is 4.79 Å². The quantitative estimate of drug-likeness (QED) is 0.715. The second-order valence-electron chi connectivity index (χ2n) is 6.32. The minimum Gasteiger partial charge on any atom is -0.481 e. The Bertz CT molecular complexity index is 531. The molecular weight excluding hydrogens is 290 g/mol. The third-order valence-electron chi connectivity index (χ3n) is 4.62. The minimum atomic E-state index is -1.09. The number of nitrogens with zero attached hydrogens (tertiary/aromatic N) is 2. The molecule has 0 aromatic rings. The van der Waals surface area contributed by atoms with Gasteiger partial charge in [0.25, 0.3) is 5.91 Å². The van der Waals surface area contributed by atoms with Gasteiger partial charge < -0.3 is 14.9 Å². The maximum absolute atomic E-state index is 12.5. The third kappa shape index (κ3) is 2.65. The van der Waals surface area contributed by atoms with Gasteiger partial charge in [-0.3, -0.25) is 19.7 Å². The molecule has 0 saturated carbocycles. The lowest BCUT2D eigenvalue weighted by Crippen LogP contribution is -2.54. The van der Waals surface area contributed by atoms with E-state index in [9.17, 15) is 24.3 Å². The Labute approximate surface area is 128 Å². The number of imide groups is 1. The van der Waals surface area contributed by atoms with Gasteiger partial charge in [-0.2, -0.15) is 0 Å². The van der Waals surface area contributed by atoms with Gasteiger partial charge in [0.2, 0.25) is 5.91 Å². The van der Waals surface area contributed by atoms with Crippen LogP contribution in [0.5, 0.6) is 0 Å². The van der Waals surface area contributed by atoms with E-state index in [1.54, 1.807) is 20.8 Å². The number of carboxylic acid groups (broad SMARTS) is 1. The van der Waals surface area contributed by atoms with Crippen molar-refractivity contribution in [3.63, 3.8) is 0 Å². The normalized spacial score (nSPS) is 27.8. The molecule has 0 aromatic heterocycles. The van der Waals surface area contributed by atoms with Crippen LogP contribution in [-0.4, -0.2) is 63.4 Å². The van der Waals surface area contributed by atoms with Crippen LogP contribution in [-0.2, 0) is 14.4 Å². The van der Waals surface area contributed by atoms with Crippen molar-refractivity contribution in [2.24, 2.45) is 5.92 Å². The lowest BCUT2D eigenvalue weighted by Gasteiger charge is -2.39. The second-order valence-corrected chi connectivity index (χ2v) is 6.32. The molecule has 0 spiro atoms. The molecule has 2 saturated heterocycles. The molecular formula is C14H21N3O5. The van der Waals surface area contributed by atoms with Gasteiger partial charge >= 0.3 is 12.0 Å². The summed E-state index contributed by atoms with van der Waals surface area (Å²) in [5.74, 6) is -2.30. The number of nitrogens with one attached hydrogen (secondary N) is 1. The molecule has 4 amide bonds. The summed E-state index contributed by atoms with van der Waals surface area (Å²) in [6, 6.07) is -1.02. The number of amides is 4. The molecule has 0 aromatic carbocycles. The van der Waals surface area contributed by atoms with Gasteiger partial charge in [-0.1, -0.05) is 0 Å². The van der Waals surface area contributed by atoms with Crippen LogP contribution >= 0.6 is 0 Å². The van der Waals surface area contributed by atoms with E-state index in [-0.39, 0.29) is 12.5 Å². The Morgan fingerprint density at radius 2 is 2.00 bits per heavy atom. The molecule has 0 aliphatic carbocycles. The zero-order valence-electron chi connectivity index (χ0n) is 13.0. The van der Waals surface area contributed by atoms with Crippen LogP contribution in [0, 0.1) is 5.92 Å². The summed E-state index contributed by atoms with van der Waals surface area (Å²) in [6.07, 6.45) is 1.15. The molecule has 8 heteroatoms. The van der Waals surface area contributed by atoms with Crippen LogP contribution in [0.3, 0.4) is 0 Å². The van der Waals surface area contributed by atoms with Crippen molar-refractivity contribution >= 4 is 23.8 Å². The van der Waals surface area contributed by atoms with Crippen LogP contribution in [0.15, 0.2) is 0 Å². The highest BCUT2D eigenvalue weighted by Gasteiger charge is 2.47. The number of hydrogen-bond acceptors (Lipinski definition) is 4. The van der Waals surface area contributed by atoms with E-state index in [1.807, 2.05) is 0 Å². The lowest BCUT2D eigenvalue weighted by atomic mass is 9.90. The minimum absolute atomic E-state index is 0.235. The Kier molecular flexibility index (Phi) is 4.12. The molecule has 2 heterocycles. The maximum atomic E-state index is 12.5. The molecule has 2 aliphatic rings. The van der Waals surface area contributed by atoms with Gasteiger partial charge in [0.1, 0.15) is 12.1 Å². The van der Waals surface area contributed by atoms with Crippen LogP contribution < -0.4 is 5.32 Å². The first-order valence-corrected chi connectivity index (χ1v) is 7.31. The fourth-order valence-corrected chi connectivity index (χ4v) is 3.01. The predicted octanol–water partition coefficient (Wildman–Crippen LogP) is 0.0285. The van der Waals surface area contributed by atoms with Gasteiger partial charge in [0.05, 0.1) is 5.92 Å². The summed E-state index contributed by atoms with van der Waals surface area (Å²) in [4.78, 5) is 49.9. The summed E-state index contributed by atoms with van der Waals surface area (Å²) in [6.45, 7) is 5.07. The molecule has 22 heavy (non-hydrogen) atoms. The highest BCUT2D eigenvalue weighted by Crippen LogP contribution is 2.26. The lowest BCUT2D eigenvalue weighted by molar-refractivity contribution is -0.149. The first kappa shape index (κ1) is 16.3. The van der Waals surface area contributed by atoms with E-state index in [0.29, 0.717) is 19.4 Å². The Hall–Kier alpha value is -2.12. The van der Waals surface area contributed by atoms with E-state index in [0.717, 1.165) is 0 Å². The van der Waals surface area contributed by atoms with Gasteiger partial charge in [-0.05, 0) is 33.6 Å². The number of carbonyl (C=O) groups excluding carboxylic acids is 3. The molecule has 2 aliphatic heterocycles. The zero-order valence-corrected chi connectivity index (χ0v) is 13.0. The summed E-state index contributed by atoms with van der Waals surface area (Å²) in [5.41, 5.74) is -1.09. The van der Waals surface area contributed by atoms with Crippen LogP contribution in [0.4, 0.5) is 4.79 Å². The van der Waals surface area contributed by atoms with Crippen LogP contribution in [0.25, 0.3) is 0 Å². The van der Waals surface area contributed by atoms with E-state index in [1.165, 1.54) is 9.80 Å². The van der Waals surface area contributed by atoms with Crippen LogP contribution in [0.2, 0.25) is 0 Å². The summed E-state index contributed by atoms with van der Waals surface area (Å²) in [5, 5.41) is 11.4. The fourth-order valence-electron chi connectivity index (χ4n) is 3.01. The number of piperidine rings is 1. The monoisotopic (exact) mass is 311 g/mol. The van der Waals surface area contributed by atoms with Crippen molar-refractivity contribution in [1.29, 1.82) is 0 Å². The van der Waals surface area contributed by atoms with Gasteiger partial charge in [-0.15, -0.1) is 0 Å². The topological polar surface area (TPSA) is 107 Å². The van der Waals surface area contributed by atoms with E-state index in [2.05, 4.69) is 5.32 Å². The van der Waals surface area contributed by atoms with Crippen molar-refractivity contribution in [3.8, 4) is 0 Å². The number of likely N-dealkylation sites (tertiary alicyclic amines) is 1. The largest absolute Gasteiger partial charge is 0.481 e. The smallest absolute Gasteiger partial charge is 0.325 e. The van der Waals surface area contributed by atoms with E-state index < -0.39 is 35.4 Å². The number of carbonyl (C=O) groups is 4. The number of carboxylic acids is 1. The standard InChI is InChI=1S/C14H21N3O5/c1-8-9(11(19)20)5-4-6-16(8)10(18)7-17-13(22)15-12(21)14(17,2)3/h8-9H,4-7H2,1-3H3,(H,19,20)(H,15,21,22)/t8-,9-/m1/s1. The number of rotatable bonds is 3. The molecule has 0 radical (unpaired) electrons. The molecule has 0 unspecified atom stereocenters. The average molecular weight is 311 g/mol. The van der Waals surface area contributed by atoms with Crippen molar-refractivity contribution in [1.82, 2.24) is 15.1 Å². The highest BCUT2D eigenvalue weighted by molar-refractivity contribution is 6.07. The fraction of sp³-hybridized carbons (Fsp3) is 0.714. The Morgan fingerprint density at radius 3 is 2.50 bits per heavy atom. The molecule has 122 valence electrons. The Morgan fingerprint density at radius 1 is 1.36 bits per heavy atom. The molecule has 2 N–H and O–H groups in total. The van der Waals surface area contributed by atoms with Gasteiger partial charge in [0, 0.05) is 12.6 Å². The number of aliphatic carboxylic acids is 1. The average Bonchev–Trinajstić information content (AvgIpc) is 2.61. The van der Waals surface area contributed by atoms with Crippen molar-refractivity contribution < 1.29 is 24.3 Å². The number of urea groups is 1. The zero-order chi connectivity index (χ0) is 16.7. The van der Waals surface area contributed by atoms with Crippen LogP contribution in [0.1, 0.15) is 33.6 Å². The summed E-state index contributed by atoms with van der Waals surface area (Å²) >= 11 is 0. The molecule has 0 bridgehead atoms. The first-order chi connectivity index (χ1) is 10.2. The highest BCUT2D eigenvalue weighted by atomic mass is 16.4. The van der Waals surface area contributed by atoms with Crippen molar-refractivity contribution in [3.05, 3.63) is 0 Å². The molecule has 2 fully saturated rings. The van der Waals surface area contributed by atoms with E-state index >= 15 is 0 Å².